The lowest BCUT2D eigenvalue weighted by Gasteiger charge is -2.31. The molecule has 0 aliphatic heterocycles. The molecule has 1 atom stereocenters. The van der Waals surface area contributed by atoms with E-state index in [1.54, 1.807) is 24.3 Å². The fourth-order valence-corrected chi connectivity index (χ4v) is 3.27. The molecule has 1 amide bonds. The zero-order valence-electron chi connectivity index (χ0n) is 15.9. The summed E-state index contributed by atoms with van der Waals surface area (Å²) in [7, 11) is 1.65. The van der Waals surface area contributed by atoms with Gasteiger partial charge in [-0.2, -0.15) is 0 Å². The molecule has 3 aromatic rings. The number of hydrogen-bond acceptors (Lipinski definition) is 4. The summed E-state index contributed by atoms with van der Waals surface area (Å²) < 4.78 is 7.03. The van der Waals surface area contributed by atoms with Crippen LogP contribution in [0.15, 0.2) is 61.2 Å². The predicted octanol–water partition coefficient (Wildman–Crippen LogP) is 3.89. The topological polar surface area (TPSA) is 60.2 Å². The van der Waals surface area contributed by atoms with Crippen LogP contribution < -0.4 is 4.74 Å². The molecule has 1 heterocycles. The Morgan fingerprint density at radius 3 is 2.41 bits per heavy atom. The van der Waals surface area contributed by atoms with Gasteiger partial charge in [-0.3, -0.25) is 9.36 Å². The van der Waals surface area contributed by atoms with E-state index in [0.29, 0.717) is 12.1 Å². The van der Waals surface area contributed by atoms with Crippen molar-refractivity contribution in [2.45, 2.75) is 26.3 Å². The first-order valence-electron chi connectivity index (χ1n) is 9.07. The van der Waals surface area contributed by atoms with Crippen molar-refractivity contribution >= 4 is 5.91 Å². The van der Waals surface area contributed by atoms with Crippen LogP contribution >= 0.6 is 0 Å². The normalized spacial score (nSPS) is 11.8. The average Bonchev–Trinajstić information content (AvgIpc) is 3.26. The average molecular weight is 364 g/mol. The lowest BCUT2D eigenvalue weighted by atomic mass is 10.0. The highest BCUT2D eigenvalue weighted by Crippen LogP contribution is 2.27. The van der Waals surface area contributed by atoms with Crippen LogP contribution in [0.1, 0.15) is 42.2 Å². The van der Waals surface area contributed by atoms with Gasteiger partial charge >= 0.3 is 0 Å². The van der Waals surface area contributed by atoms with Gasteiger partial charge in [-0.15, -0.1) is 10.2 Å². The number of nitrogens with zero attached hydrogens (tertiary/aromatic N) is 4. The molecule has 0 radical (unpaired) electrons. The van der Waals surface area contributed by atoms with Crippen molar-refractivity contribution < 1.29 is 9.53 Å². The van der Waals surface area contributed by atoms with Gasteiger partial charge < -0.3 is 9.64 Å². The summed E-state index contributed by atoms with van der Waals surface area (Å²) in [4.78, 5) is 15.2. The van der Waals surface area contributed by atoms with E-state index in [-0.39, 0.29) is 11.9 Å². The molecule has 0 aliphatic rings. The molecule has 3 rings (SSSR count). The van der Waals surface area contributed by atoms with Gasteiger partial charge in [0.15, 0.2) is 0 Å². The van der Waals surface area contributed by atoms with Crippen LogP contribution in [0.4, 0.5) is 0 Å². The highest BCUT2D eigenvalue weighted by molar-refractivity contribution is 5.95. The maximum Gasteiger partial charge on any atom is 0.254 e. The molecule has 0 bridgehead atoms. The van der Waals surface area contributed by atoms with Gasteiger partial charge in [-0.05, 0) is 49.2 Å². The van der Waals surface area contributed by atoms with E-state index in [0.717, 1.165) is 23.4 Å². The lowest BCUT2D eigenvalue weighted by Crippen LogP contribution is -2.34. The number of amides is 1. The third-order valence-electron chi connectivity index (χ3n) is 4.68. The van der Waals surface area contributed by atoms with Crippen molar-refractivity contribution in [3.63, 3.8) is 0 Å². The van der Waals surface area contributed by atoms with Gasteiger partial charge in [0.2, 0.25) is 0 Å². The summed E-state index contributed by atoms with van der Waals surface area (Å²) in [5, 5.41) is 7.65. The quantitative estimate of drug-likeness (QED) is 0.638. The molecule has 1 aromatic heterocycles. The maximum absolute atomic E-state index is 13.3. The fraction of sp³-hybridized carbons (Fsp3) is 0.286. The van der Waals surface area contributed by atoms with E-state index in [2.05, 4.69) is 17.1 Å². The first-order chi connectivity index (χ1) is 13.2. The van der Waals surface area contributed by atoms with Crippen LogP contribution in [0.2, 0.25) is 0 Å². The van der Waals surface area contributed by atoms with Crippen LogP contribution in [0.25, 0.3) is 5.69 Å². The molecule has 2 aromatic carbocycles. The van der Waals surface area contributed by atoms with E-state index in [1.165, 1.54) is 0 Å². The minimum absolute atomic E-state index is 0.00646. The Labute approximate surface area is 159 Å². The van der Waals surface area contributed by atoms with E-state index < -0.39 is 0 Å². The summed E-state index contributed by atoms with van der Waals surface area (Å²) in [5.74, 6) is 0.819. The SMILES string of the molecule is CC[C@@H](c1ccc(OC)cc1)N(CC)C(=O)c1cccc(-n2cnnc2)c1. The van der Waals surface area contributed by atoms with E-state index in [4.69, 9.17) is 4.74 Å². The third kappa shape index (κ3) is 4.00. The fourth-order valence-electron chi connectivity index (χ4n) is 3.27. The zero-order chi connectivity index (χ0) is 19.2. The second kappa shape index (κ2) is 8.49. The summed E-state index contributed by atoms with van der Waals surface area (Å²) in [6, 6.07) is 15.4. The Morgan fingerprint density at radius 2 is 1.81 bits per heavy atom. The standard InChI is InChI=1S/C21H24N4O2/c1-4-20(16-9-11-19(27-3)12-10-16)25(5-2)21(26)17-7-6-8-18(13-17)24-14-22-23-15-24/h6-15,20H,4-5H2,1-3H3/t20-/m0/s1. The number of ether oxygens (including phenoxy) is 1. The van der Waals surface area contributed by atoms with Crippen molar-refractivity contribution in [2.75, 3.05) is 13.7 Å². The molecule has 0 N–H and O–H groups in total. The Kier molecular flexibility index (Phi) is 5.86. The van der Waals surface area contributed by atoms with Crippen molar-refractivity contribution in [3.8, 4) is 11.4 Å². The summed E-state index contributed by atoms with van der Waals surface area (Å²) in [6.07, 6.45) is 4.07. The molecule has 0 unspecified atom stereocenters. The van der Waals surface area contributed by atoms with Crippen LogP contribution in [-0.2, 0) is 0 Å². The van der Waals surface area contributed by atoms with Gasteiger partial charge in [0, 0.05) is 17.8 Å². The van der Waals surface area contributed by atoms with Crippen molar-refractivity contribution in [2.24, 2.45) is 0 Å². The molecule has 0 aliphatic carbocycles. The largest absolute Gasteiger partial charge is 0.497 e. The first kappa shape index (κ1) is 18.6. The molecule has 0 spiro atoms. The van der Waals surface area contributed by atoms with Crippen LogP contribution in [-0.4, -0.2) is 39.2 Å². The molecule has 27 heavy (non-hydrogen) atoms. The van der Waals surface area contributed by atoms with Gasteiger partial charge in [0.1, 0.15) is 18.4 Å². The summed E-state index contributed by atoms with van der Waals surface area (Å²) >= 11 is 0. The number of carbonyl (C=O) groups is 1. The van der Waals surface area contributed by atoms with E-state index in [1.807, 2.05) is 60.4 Å². The maximum atomic E-state index is 13.3. The predicted molar refractivity (Wildman–Crippen MR) is 104 cm³/mol. The van der Waals surface area contributed by atoms with Crippen molar-refractivity contribution in [3.05, 3.63) is 72.3 Å². The van der Waals surface area contributed by atoms with Crippen molar-refractivity contribution in [1.82, 2.24) is 19.7 Å². The molecular formula is C21H24N4O2. The number of carbonyl (C=O) groups excluding carboxylic acids is 1. The van der Waals surface area contributed by atoms with Gasteiger partial charge in [0.25, 0.3) is 5.91 Å². The third-order valence-corrected chi connectivity index (χ3v) is 4.68. The Balaban J connectivity index is 1.89. The zero-order valence-corrected chi connectivity index (χ0v) is 15.9. The second-order valence-corrected chi connectivity index (χ2v) is 6.21. The van der Waals surface area contributed by atoms with Crippen LogP contribution in [0.5, 0.6) is 5.75 Å². The highest BCUT2D eigenvalue weighted by Gasteiger charge is 2.24. The Morgan fingerprint density at radius 1 is 1.11 bits per heavy atom. The first-order valence-corrected chi connectivity index (χ1v) is 9.07. The monoisotopic (exact) mass is 364 g/mol. The van der Waals surface area contributed by atoms with Crippen LogP contribution in [0.3, 0.4) is 0 Å². The number of methoxy groups -OCH3 is 1. The van der Waals surface area contributed by atoms with Gasteiger partial charge in [0.05, 0.1) is 13.2 Å². The molecule has 6 nitrogen and oxygen atoms in total. The molecule has 0 saturated heterocycles. The van der Waals surface area contributed by atoms with E-state index in [9.17, 15) is 4.79 Å². The van der Waals surface area contributed by atoms with E-state index >= 15 is 0 Å². The summed E-state index contributed by atoms with van der Waals surface area (Å²) in [6.45, 7) is 4.73. The Hall–Kier alpha value is -3.15. The second-order valence-electron chi connectivity index (χ2n) is 6.21. The lowest BCUT2D eigenvalue weighted by molar-refractivity contribution is 0.0682. The molecule has 0 saturated carbocycles. The van der Waals surface area contributed by atoms with Gasteiger partial charge in [-0.25, -0.2) is 0 Å². The number of hydrogen-bond donors (Lipinski definition) is 0. The molecule has 140 valence electrons. The van der Waals surface area contributed by atoms with Gasteiger partial charge in [-0.1, -0.05) is 25.1 Å². The minimum atomic E-state index is 0.00646. The van der Waals surface area contributed by atoms with Crippen LogP contribution in [0, 0.1) is 0 Å². The summed E-state index contributed by atoms with van der Waals surface area (Å²) in [5.41, 5.74) is 2.61. The molecule has 6 heteroatoms. The number of rotatable bonds is 7. The highest BCUT2D eigenvalue weighted by atomic mass is 16.5. The Bertz CT molecular complexity index is 875. The number of benzene rings is 2. The van der Waals surface area contributed by atoms with Crippen molar-refractivity contribution in [1.29, 1.82) is 0 Å². The smallest absolute Gasteiger partial charge is 0.254 e. The molecule has 0 fully saturated rings. The number of aromatic nitrogens is 3. The molecular weight excluding hydrogens is 340 g/mol. The minimum Gasteiger partial charge on any atom is -0.497 e.